The van der Waals surface area contributed by atoms with E-state index in [9.17, 15) is 5.11 Å². The topological polar surface area (TPSA) is 58.6 Å². The highest BCUT2D eigenvalue weighted by molar-refractivity contribution is 6.43. The molecule has 0 saturated carbocycles. The van der Waals surface area contributed by atoms with Crippen LogP contribution in [0.15, 0.2) is 70.1 Å². The third-order valence-corrected chi connectivity index (χ3v) is 4.66. The number of aliphatic imine (C=N–C) groups is 1. The SMILES string of the molecule is Oc1ccccc1C=Nc1ccc2oc(-c3cccc(Cl)c3Cl)nc2c1. The second-order valence-electron chi connectivity index (χ2n) is 5.59. The number of halogens is 2. The third kappa shape index (κ3) is 3.17. The van der Waals surface area contributed by atoms with Crippen LogP contribution in [0.25, 0.3) is 22.6 Å². The first kappa shape index (κ1) is 16.6. The van der Waals surface area contributed by atoms with Gasteiger partial charge in [0.05, 0.1) is 21.3 Å². The molecule has 0 spiro atoms. The number of oxazole rings is 1. The smallest absolute Gasteiger partial charge is 0.228 e. The summed E-state index contributed by atoms with van der Waals surface area (Å²) in [5, 5.41) is 10.6. The number of rotatable bonds is 3. The highest BCUT2D eigenvalue weighted by Crippen LogP contribution is 2.35. The minimum absolute atomic E-state index is 0.177. The number of benzene rings is 3. The molecule has 1 aromatic heterocycles. The predicted octanol–water partition coefficient (Wildman–Crippen LogP) is 6.26. The van der Waals surface area contributed by atoms with Crippen molar-refractivity contribution in [2.45, 2.75) is 0 Å². The van der Waals surface area contributed by atoms with Crippen molar-refractivity contribution in [2.24, 2.45) is 4.99 Å². The molecule has 1 heterocycles. The molecule has 0 aliphatic carbocycles. The van der Waals surface area contributed by atoms with Gasteiger partial charge in [0, 0.05) is 11.8 Å². The number of phenols is 1. The van der Waals surface area contributed by atoms with Gasteiger partial charge < -0.3 is 9.52 Å². The predicted molar refractivity (Wildman–Crippen MR) is 105 cm³/mol. The Kier molecular flexibility index (Phi) is 4.37. The number of fused-ring (bicyclic) bond motifs is 1. The number of para-hydroxylation sites is 1. The van der Waals surface area contributed by atoms with Crippen molar-refractivity contribution >= 4 is 46.2 Å². The fourth-order valence-electron chi connectivity index (χ4n) is 2.52. The van der Waals surface area contributed by atoms with Gasteiger partial charge in [-0.1, -0.05) is 41.4 Å². The summed E-state index contributed by atoms with van der Waals surface area (Å²) in [6.07, 6.45) is 1.60. The van der Waals surface area contributed by atoms with Crippen LogP contribution in [-0.2, 0) is 0 Å². The average molecular weight is 383 g/mol. The zero-order valence-electron chi connectivity index (χ0n) is 13.4. The largest absolute Gasteiger partial charge is 0.507 e. The molecule has 4 nitrogen and oxygen atoms in total. The first-order valence-corrected chi connectivity index (χ1v) is 8.54. The Balaban J connectivity index is 1.70. The number of nitrogens with zero attached hydrogens (tertiary/aromatic N) is 2. The molecule has 0 amide bonds. The summed E-state index contributed by atoms with van der Waals surface area (Å²) >= 11 is 12.3. The maximum Gasteiger partial charge on any atom is 0.228 e. The third-order valence-electron chi connectivity index (χ3n) is 3.84. The molecule has 0 radical (unpaired) electrons. The first-order valence-electron chi connectivity index (χ1n) is 7.79. The van der Waals surface area contributed by atoms with E-state index in [2.05, 4.69) is 9.98 Å². The molecule has 4 rings (SSSR count). The standard InChI is InChI=1S/C20H12Cl2N2O2/c21-15-6-3-5-14(19(15)22)20-24-16-10-13(8-9-18(16)26-20)23-11-12-4-1-2-7-17(12)25/h1-11,25H. The van der Waals surface area contributed by atoms with Gasteiger partial charge in [0.2, 0.25) is 5.89 Å². The van der Waals surface area contributed by atoms with Gasteiger partial charge in [-0.05, 0) is 42.5 Å². The van der Waals surface area contributed by atoms with Crippen LogP contribution in [0.2, 0.25) is 10.0 Å². The normalized spacial score (nSPS) is 11.5. The lowest BCUT2D eigenvalue weighted by atomic mass is 10.2. The van der Waals surface area contributed by atoms with E-state index in [-0.39, 0.29) is 5.75 Å². The van der Waals surface area contributed by atoms with Gasteiger partial charge in [0.25, 0.3) is 0 Å². The van der Waals surface area contributed by atoms with Crippen LogP contribution in [-0.4, -0.2) is 16.3 Å². The van der Waals surface area contributed by atoms with Gasteiger partial charge in [0.15, 0.2) is 5.58 Å². The number of hydrogen-bond acceptors (Lipinski definition) is 4. The molecule has 1 N–H and O–H groups in total. The van der Waals surface area contributed by atoms with Crippen molar-refractivity contribution < 1.29 is 9.52 Å². The fourth-order valence-corrected chi connectivity index (χ4v) is 2.90. The zero-order chi connectivity index (χ0) is 18.1. The van der Waals surface area contributed by atoms with Crippen molar-refractivity contribution in [2.75, 3.05) is 0 Å². The lowest BCUT2D eigenvalue weighted by Crippen LogP contribution is -1.81. The molecular formula is C20H12Cl2N2O2. The highest BCUT2D eigenvalue weighted by atomic mass is 35.5. The van der Waals surface area contributed by atoms with Gasteiger partial charge in [-0.3, -0.25) is 4.99 Å². The molecule has 0 saturated heterocycles. The van der Waals surface area contributed by atoms with Crippen LogP contribution in [0.3, 0.4) is 0 Å². The lowest BCUT2D eigenvalue weighted by Gasteiger charge is -2.00. The molecule has 0 aliphatic rings. The zero-order valence-corrected chi connectivity index (χ0v) is 14.9. The monoisotopic (exact) mass is 382 g/mol. The molecule has 3 aromatic carbocycles. The Morgan fingerprint density at radius 2 is 1.85 bits per heavy atom. The molecular weight excluding hydrogens is 371 g/mol. The first-order chi connectivity index (χ1) is 12.6. The summed E-state index contributed by atoms with van der Waals surface area (Å²) in [4.78, 5) is 8.87. The summed E-state index contributed by atoms with van der Waals surface area (Å²) in [7, 11) is 0. The number of aromatic hydroxyl groups is 1. The molecule has 0 bridgehead atoms. The Bertz CT molecular complexity index is 1140. The number of phenolic OH excluding ortho intramolecular Hbond substituents is 1. The second-order valence-corrected chi connectivity index (χ2v) is 6.37. The Hall–Kier alpha value is -2.82. The van der Waals surface area contributed by atoms with Crippen LogP contribution in [0.4, 0.5) is 5.69 Å². The van der Waals surface area contributed by atoms with Crippen molar-refractivity contribution in [3.63, 3.8) is 0 Å². The van der Waals surface area contributed by atoms with Crippen molar-refractivity contribution in [3.05, 3.63) is 76.3 Å². The van der Waals surface area contributed by atoms with E-state index in [1.807, 2.05) is 12.1 Å². The highest BCUT2D eigenvalue weighted by Gasteiger charge is 2.13. The van der Waals surface area contributed by atoms with E-state index < -0.39 is 0 Å². The van der Waals surface area contributed by atoms with E-state index in [4.69, 9.17) is 27.6 Å². The molecule has 4 aromatic rings. The van der Waals surface area contributed by atoms with E-state index >= 15 is 0 Å². The maximum absolute atomic E-state index is 9.80. The van der Waals surface area contributed by atoms with Gasteiger partial charge in [0.1, 0.15) is 11.3 Å². The molecule has 0 atom stereocenters. The summed E-state index contributed by atoms with van der Waals surface area (Å²) in [5.41, 5.74) is 3.24. The minimum Gasteiger partial charge on any atom is -0.507 e. The van der Waals surface area contributed by atoms with E-state index in [0.29, 0.717) is 43.9 Å². The van der Waals surface area contributed by atoms with Crippen LogP contribution < -0.4 is 0 Å². The van der Waals surface area contributed by atoms with Gasteiger partial charge in [-0.2, -0.15) is 0 Å². The molecule has 0 fully saturated rings. The quantitative estimate of drug-likeness (QED) is 0.425. The van der Waals surface area contributed by atoms with Crippen molar-refractivity contribution in [1.82, 2.24) is 4.98 Å². The van der Waals surface area contributed by atoms with Gasteiger partial charge in [-0.15, -0.1) is 0 Å². The Morgan fingerprint density at radius 3 is 2.69 bits per heavy atom. The van der Waals surface area contributed by atoms with E-state index in [1.54, 1.807) is 54.7 Å². The maximum atomic E-state index is 9.80. The average Bonchev–Trinajstić information content (AvgIpc) is 3.06. The Morgan fingerprint density at radius 1 is 1.00 bits per heavy atom. The van der Waals surface area contributed by atoms with E-state index in [1.165, 1.54) is 0 Å². The number of aromatic nitrogens is 1. The summed E-state index contributed by atoms with van der Waals surface area (Å²) in [6.45, 7) is 0. The van der Waals surface area contributed by atoms with Crippen molar-refractivity contribution in [3.8, 4) is 17.2 Å². The molecule has 26 heavy (non-hydrogen) atoms. The van der Waals surface area contributed by atoms with Crippen LogP contribution >= 0.6 is 23.2 Å². The summed E-state index contributed by atoms with van der Waals surface area (Å²) in [5.74, 6) is 0.575. The van der Waals surface area contributed by atoms with Crippen LogP contribution in [0, 0.1) is 0 Å². The molecule has 6 heteroatoms. The Labute approximate surface area is 159 Å². The second kappa shape index (κ2) is 6.83. The molecule has 128 valence electrons. The van der Waals surface area contributed by atoms with Crippen LogP contribution in [0.1, 0.15) is 5.56 Å². The minimum atomic E-state index is 0.177. The fraction of sp³-hybridized carbons (Fsp3) is 0. The van der Waals surface area contributed by atoms with Gasteiger partial charge in [-0.25, -0.2) is 4.98 Å². The lowest BCUT2D eigenvalue weighted by molar-refractivity contribution is 0.474. The van der Waals surface area contributed by atoms with Crippen LogP contribution in [0.5, 0.6) is 5.75 Å². The number of hydrogen-bond donors (Lipinski definition) is 1. The summed E-state index contributed by atoms with van der Waals surface area (Å²) in [6, 6.07) is 17.7. The molecule has 0 aliphatic heterocycles. The summed E-state index contributed by atoms with van der Waals surface area (Å²) < 4.78 is 5.78. The molecule has 0 unspecified atom stereocenters. The van der Waals surface area contributed by atoms with Crippen molar-refractivity contribution in [1.29, 1.82) is 0 Å². The van der Waals surface area contributed by atoms with E-state index in [0.717, 1.165) is 0 Å². The van der Waals surface area contributed by atoms with Gasteiger partial charge >= 0.3 is 0 Å².